The molecule has 7 nitrogen and oxygen atoms in total. The summed E-state index contributed by atoms with van der Waals surface area (Å²) in [5.41, 5.74) is 12.6. The topological polar surface area (TPSA) is 132 Å². The number of nitrogen functional groups attached to an aromatic ring is 2. The number of aromatic nitrogens is 1. The van der Waals surface area contributed by atoms with Crippen LogP contribution in [0.1, 0.15) is 24.3 Å². The van der Waals surface area contributed by atoms with E-state index in [1.54, 1.807) is 6.92 Å². The maximum Gasteiger partial charge on any atom is 0.347 e. The lowest BCUT2D eigenvalue weighted by molar-refractivity contribution is -0.137. The van der Waals surface area contributed by atoms with Crippen LogP contribution < -0.4 is 17.1 Å². The first kappa shape index (κ1) is 13.9. The van der Waals surface area contributed by atoms with Gasteiger partial charge in [-0.15, -0.1) is 0 Å². The average Bonchev–Trinajstić information content (AvgIpc) is 2.35. The zero-order valence-corrected chi connectivity index (χ0v) is 11.0. The summed E-state index contributed by atoms with van der Waals surface area (Å²) in [5.74, 6) is -0.701. The number of fused-ring (bicyclic) bond motifs is 1. The molecule has 0 radical (unpaired) electrons. The number of benzene rings is 1. The molecule has 106 valence electrons. The molecule has 0 amide bonds. The maximum atomic E-state index is 12.0. The molecule has 0 saturated heterocycles. The van der Waals surface area contributed by atoms with E-state index in [1.165, 1.54) is 6.07 Å². The Labute approximate surface area is 114 Å². The number of nitrogens with zero attached hydrogens (tertiary/aromatic N) is 1. The molecule has 2 aromatic rings. The van der Waals surface area contributed by atoms with Gasteiger partial charge >= 0.3 is 11.6 Å². The van der Waals surface area contributed by atoms with Gasteiger partial charge in [-0.25, -0.2) is 9.78 Å². The van der Waals surface area contributed by atoms with Crippen molar-refractivity contribution in [3.05, 3.63) is 27.9 Å². The molecule has 0 fully saturated rings. The van der Waals surface area contributed by atoms with Gasteiger partial charge in [-0.1, -0.05) is 0 Å². The molecule has 1 heterocycles. The first-order valence-corrected chi connectivity index (χ1v) is 6.10. The molecule has 20 heavy (non-hydrogen) atoms. The number of anilines is 2. The molecule has 0 aliphatic heterocycles. The molecule has 0 saturated carbocycles. The molecule has 0 bridgehead atoms. The second-order valence-electron chi connectivity index (χ2n) is 4.54. The summed E-state index contributed by atoms with van der Waals surface area (Å²) in [6, 6.07) is 1.52. The molecular formula is C13H15N3O4. The fourth-order valence-corrected chi connectivity index (χ4v) is 2.00. The van der Waals surface area contributed by atoms with E-state index in [0.29, 0.717) is 34.3 Å². The molecule has 7 heteroatoms. The van der Waals surface area contributed by atoms with E-state index in [1.807, 2.05) is 0 Å². The summed E-state index contributed by atoms with van der Waals surface area (Å²) >= 11 is 0. The molecule has 1 aromatic heterocycles. The van der Waals surface area contributed by atoms with E-state index >= 15 is 0 Å². The largest absolute Gasteiger partial charge is 0.481 e. The standard InChI is InChI=1S/C13H15N3O4/c1-6-11-8(5-7(14)12(6)15)16-9(20-13(11)19)3-2-4-10(17)18/h5H,2-4,14-15H2,1H3,(H,17,18). The Morgan fingerprint density at radius 1 is 1.45 bits per heavy atom. The highest BCUT2D eigenvalue weighted by Crippen LogP contribution is 2.26. The van der Waals surface area contributed by atoms with Gasteiger partial charge in [0.1, 0.15) is 0 Å². The van der Waals surface area contributed by atoms with Gasteiger partial charge in [0.15, 0.2) is 5.89 Å². The highest BCUT2D eigenvalue weighted by atomic mass is 16.4. The molecule has 0 unspecified atom stereocenters. The van der Waals surface area contributed by atoms with Crippen LogP contribution >= 0.6 is 0 Å². The van der Waals surface area contributed by atoms with E-state index in [-0.39, 0.29) is 18.7 Å². The summed E-state index contributed by atoms with van der Waals surface area (Å²) in [5, 5.41) is 8.88. The normalized spacial score (nSPS) is 10.8. The molecule has 1 aromatic carbocycles. The van der Waals surface area contributed by atoms with Crippen LogP contribution in [0.3, 0.4) is 0 Å². The van der Waals surface area contributed by atoms with Crippen LogP contribution in [-0.2, 0) is 11.2 Å². The van der Waals surface area contributed by atoms with Crippen molar-refractivity contribution in [3.8, 4) is 0 Å². The second-order valence-corrected chi connectivity index (χ2v) is 4.54. The minimum Gasteiger partial charge on any atom is -0.481 e. The van der Waals surface area contributed by atoms with Crippen molar-refractivity contribution in [1.82, 2.24) is 4.98 Å². The molecular weight excluding hydrogens is 262 g/mol. The van der Waals surface area contributed by atoms with Gasteiger partial charge in [-0.05, 0) is 25.0 Å². The molecule has 5 N–H and O–H groups in total. The van der Waals surface area contributed by atoms with Crippen LogP contribution in [0.2, 0.25) is 0 Å². The lowest BCUT2D eigenvalue weighted by atomic mass is 10.1. The summed E-state index contributed by atoms with van der Waals surface area (Å²) < 4.78 is 5.09. The van der Waals surface area contributed by atoms with E-state index in [9.17, 15) is 9.59 Å². The summed E-state index contributed by atoms with van der Waals surface area (Å²) in [6.07, 6.45) is 0.618. The first-order valence-electron chi connectivity index (χ1n) is 6.10. The number of rotatable bonds is 4. The quantitative estimate of drug-likeness (QED) is 0.712. The van der Waals surface area contributed by atoms with Crippen LogP contribution in [0.25, 0.3) is 10.9 Å². The van der Waals surface area contributed by atoms with Crippen LogP contribution in [0.5, 0.6) is 0 Å². The molecule has 2 rings (SSSR count). The van der Waals surface area contributed by atoms with E-state index in [0.717, 1.165) is 0 Å². The first-order chi connectivity index (χ1) is 9.40. The number of hydrogen-bond acceptors (Lipinski definition) is 6. The van der Waals surface area contributed by atoms with E-state index in [4.69, 9.17) is 21.0 Å². The summed E-state index contributed by atoms with van der Waals surface area (Å²) in [7, 11) is 0. The van der Waals surface area contributed by atoms with Crippen LogP contribution in [-0.4, -0.2) is 16.1 Å². The predicted molar refractivity (Wildman–Crippen MR) is 74.4 cm³/mol. The SMILES string of the molecule is Cc1c(N)c(N)cc2nc(CCCC(=O)O)oc(=O)c12. The highest BCUT2D eigenvalue weighted by Gasteiger charge is 2.13. The Hall–Kier alpha value is -2.57. The van der Waals surface area contributed by atoms with Crippen molar-refractivity contribution >= 4 is 28.2 Å². The third-order valence-electron chi connectivity index (χ3n) is 3.08. The number of aryl methyl sites for hydroxylation is 2. The Morgan fingerprint density at radius 2 is 2.15 bits per heavy atom. The van der Waals surface area contributed by atoms with Crippen LogP contribution in [0.15, 0.2) is 15.3 Å². The van der Waals surface area contributed by atoms with Crippen molar-refractivity contribution in [2.24, 2.45) is 0 Å². The Balaban J connectivity index is 2.45. The highest BCUT2D eigenvalue weighted by molar-refractivity contribution is 5.91. The Bertz CT molecular complexity index is 736. The van der Waals surface area contributed by atoms with E-state index < -0.39 is 11.6 Å². The number of carboxylic acid groups (broad SMARTS) is 1. The molecule has 0 aliphatic rings. The zero-order chi connectivity index (χ0) is 14.9. The third kappa shape index (κ3) is 2.56. The fraction of sp³-hybridized carbons (Fsp3) is 0.308. The minimum atomic E-state index is -0.902. The Morgan fingerprint density at radius 3 is 2.80 bits per heavy atom. The van der Waals surface area contributed by atoms with Gasteiger partial charge in [0.2, 0.25) is 0 Å². The van der Waals surface area contributed by atoms with Crippen molar-refractivity contribution in [1.29, 1.82) is 0 Å². The smallest absolute Gasteiger partial charge is 0.347 e. The zero-order valence-electron chi connectivity index (χ0n) is 11.0. The van der Waals surface area contributed by atoms with Crippen molar-refractivity contribution in [2.75, 3.05) is 11.5 Å². The van der Waals surface area contributed by atoms with Crippen molar-refractivity contribution < 1.29 is 14.3 Å². The Kier molecular flexibility index (Phi) is 3.60. The fourth-order valence-electron chi connectivity index (χ4n) is 2.00. The van der Waals surface area contributed by atoms with Crippen molar-refractivity contribution in [3.63, 3.8) is 0 Å². The average molecular weight is 277 g/mol. The predicted octanol–water partition coefficient (Wildman–Crippen LogP) is 1.07. The molecule has 0 atom stereocenters. The van der Waals surface area contributed by atoms with Gasteiger partial charge in [0, 0.05) is 12.8 Å². The monoisotopic (exact) mass is 277 g/mol. The minimum absolute atomic E-state index is 0.00761. The van der Waals surface area contributed by atoms with Crippen LogP contribution in [0, 0.1) is 6.92 Å². The van der Waals surface area contributed by atoms with Crippen LogP contribution in [0.4, 0.5) is 11.4 Å². The van der Waals surface area contributed by atoms with Crippen molar-refractivity contribution in [2.45, 2.75) is 26.2 Å². The number of aliphatic carboxylic acids is 1. The lowest BCUT2D eigenvalue weighted by Crippen LogP contribution is -2.10. The number of carbonyl (C=O) groups is 1. The summed E-state index contributed by atoms with van der Waals surface area (Å²) in [6.45, 7) is 1.68. The lowest BCUT2D eigenvalue weighted by Gasteiger charge is -2.08. The van der Waals surface area contributed by atoms with Gasteiger partial charge in [-0.3, -0.25) is 4.79 Å². The van der Waals surface area contributed by atoms with Gasteiger partial charge in [-0.2, -0.15) is 0 Å². The number of nitrogens with two attached hydrogens (primary N) is 2. The number of carboxylic acids is 1. The molecule has 0 spiro atoms. The number of hydrogen-bond donors (Lipinski definition) is 3. The summed E-state index contributed by atoms with van der Waals surface area (Å²) in [4.78, 5) is 26.6. The van der Waals surface area contributed by atoms with E-state index in [2.05, 4.69) is 4.98 Å². The van der Waals surface area contributed by atoms with Gasteiger partial charge in [0.25, 0.3) is 0 Å². The third-order valence-corrected chi connectivity index (χ3v) is 3.08. The maximum absolute atomic E-state index is 12.0. The van der Waals surface area contributed by atoms with Gasteiger partial charge < -0.3 is 21.0 Å². The second kappa shape index (κ2) is 5.20. The molecule has 0 aliphatic carbocycles. The van der Waals surface area contributed by atoms with Gasteiger partial charge in [0.05, 0.1) is 22.3 Å².